The minimum absolute atomic E-state index is 0.0860. The number of carbonyl (C=O) groups is 2. The Hall–Kier alpha value is -3.77. The van der Waals surface area contributed by atoms with Crippen LogP contribution in [0, 0.1) is 11.8 Å². The van der Waals surface area contributed by atoms with Crippen molar-refractivity contribution >= 4 is 22.7 Å². The van der Waals surface area contributed by atoms with Crippen molar-refractivity contribution in [1.29, 1.82) is 0 Å². The zero-order chi connectivity index (χ0) is 26.2. The lowest BCUT2D eigenvalue weighted by Crippen LogP contribution is -2.51. The first kappa shape index (κ1) is 24.6. The van der Waals surface area contributed by atoms with Crippen LogP contribution in [-0.4, -0.2) is 56.9 Å². The molecule has 1 aromatic heterocycles. The van der Waals surface area contributed by atoms with E-state index in [1.165, 1.54) is 5.56 Å². The fourth-order valence-corrected chi connectivity index (χ4v) is 5.74. The minimum atomic E-state index is -0.867. The van der Waals surface area contributed by atoms with E-state index in [2.05, 4.69) is 51.3 Å². The molecule has 0 bridgehead atoms. The highest BCUT2D eigenvalue weighted by Gasteiger charge is 2.40. The SMILES string of the molecule is CC#Cc1ccc2cc(CN3CC[C@H](Oc4ccc5c(c4)CN(C4CCC(=O)NC4=O)C5O)C3)ccc2n1. The highest BCUT2D eigenvalue weighted by molar-refractivity contribution is 6.00. The lowest BCUT2D eigenvalue weighted by molar-refractivity contribution is -0.141. The largest absolute Gasteiger partial charge is 0.489 e. The Bertz CT molecular complexity index is 1480. The molecule has 4 heterocycles. The molecule has 3 atom stereocenters. The zero-order valence-corrected chi connectivity index (χ0v) is 21.3. The van der Waals surface area contributed by atoms with E-state index >= 15 is 0 Å². The van der Waals surface area contributed by atoms with Gasteiger partial charge in [0.25, 0.3) is 0 Å². The summed E-state index contributed by atoms with van der Waals surface area (Å²) >= 11 is 0. The highest BCUT2D eigenvalue weighted by atomic mass is 16.5. The van der Waals surface area contributed by atoms with E-state index in [-0.39, 0.29) is 24.3 Å². The number of hydrogen-bond acceptors (Lipinski definition) is 7. The van der Waals surface area contributed by atoms with E-state index in [9.17, 15) is 14.7 Å². The predicted molar refractivity (Wildman–Crippen MR) is 142 cm³/mol. The Morgan fingerprint density at radius 2 is 2.03 bits per heavy atom. The number of ether oxygens (including phenoxy) is 1. The molecule has 8 nitrogen and oxygen atoms in total. The number of fused-ring (bicyclic) bond motifs is 2. The summed E-state index contributed by atoms with van der Waals surface area (Å²) in [6, 6.07) is 15.7. The monoisotopic (exact) mass is 510 g/mol. The summed E-state index contributed by atoms with van der Waals surface area (Å²) in [5, 5.41) is 14.3. The van der Waals surface area contributed by atoms with E-state index in [0.717, 1.165) is 59.5 Å². The lowest BCUT2D eigenvalue weighted by Gasteiger charge is -2.31. The zero-order valence-electron chi connectivity index (χ0n) is 21.3. The van der Waals surface area contributed by atoms with Gasteiger partial charge in [0.15, 0.2) is 0 Å². The predicted octanol–water partition coefficient (Wildman–Crippen LogP) is 2.87. The molecule has 2 N–H and O–H groups in total. The molecule has 2 saturated heterocycles. The molecule has 2 fully saturated rings. The van der Waals surface area contributed by atoms with Crippen molar-refractivity contribution in [1.82, 2.24) is 20.1 Å². The van der Waals surface area contributed by atoms with Gasteiger partial charge < -0.3 is 9.84 Å². The van der Waals surface area contributed by atoms with Crippen LogP contribution in [0.25, 0.3) is 10.9 Å². The third-order valence-electron chi connectivity index (χ3n) is 7.61. The fourth-order valence-electron chi connectivity index (χ4n) is 5.74. The third-order valence-corrected chi connectivity index (χ3v) is 7.61. The molecule has 0 aliphatic carbocycles. The average Bonchev–Trinajstić information content (AvgIpc) is 3.47. The van der Waals surface area contributed by atoms with Gasteiger partial charge in [-0.25, -0.2) is 4.98 Å². The fraction of sp³-hybridized carbons (Fsp3) is 0.367. The van der Waals surface area contributed by atoms with Gasteiger partial charge in [-0.1, -0.05) is 18.1 Å². The molecular weight excluding hydrogens is 480 g/mol. The van der Waals surface area contributed by atoms with Crippen molar-refractivity contribution in [3.05, 3.63) is 70.9 Å². The second-order valence-corrected chi connectivity index (χ2v) is 10.2. The molecular formula is C30H30N4O4. The van der Waals surface area contributed by atoms with Crippen LogP contribution < -0.4 is 10.1 Å². The first-order valence-corrected chi connectivity index (χ1v) is 13.1. The summed E-state index contributed by atoms with van der Waals surface area (Å²) in [6.45, 7) is 4.90. The number of likely N-dealkylation sites (tertiary alicyclic amines) is 1. The summed E-state index contributed by atoms with van der Waals surface area (Å²) in [6.07, 6.45) is 0.861. The molecule has 38 heavy (non-hydrogen) atoms. The second kappa shape index (κ2) is 10.2. The first-order valence-electron chi connectivity index (χ1n) is 13.1. The number of nitrogens with one attached hydrogen (secondary N) is 1. The summed E-state index contributed by atoms with van der Waals surface area (Å²) in [7, 11) is 0. The number of nitrogens with zero attached hydrogens (tertiary/aromatic N) is 3. The van der Waals surface area contributed by atoms with Gasteiger partial charge in [-0.3, -0.25) is 24.7 Å². The highest BCUT2D eigenvalue weighted by Crippen LogP contribution is 2.37. The number of aliphatic hydroxyl groups excluding tert-OH is 1. The maximum absolute atomic E-state index is 12.3. The van der Waals surface area contributed by atoms with Gasteiger partial charge in [0.1, 0.15) is 23.8 Å². The van der Waals surface area contributed by atoms with Crippen molar-refractivity contribution in [2.45, 2.75) is 57.6 Å². The molecule has 2 aromatic carbocycles. The first-order chi connectivity index (χ1) is 18.5. The Balaban J connectivity index is 1.07. The molecule has 3 aliphatic heterocycles. The molecule has 2 unspecified atom stereocenters. The Kier molecular flexibility index (Phi) is 6.58. The van der Waals surface area contributed by atoms with Crippen LogP contribution in [0.5, 0.6) is 5.75 Å². The van der Waals surface area contributed by atoms with Crippen molar-refractivity contribution in [2.75, 3.05) is 13.1 Å². The molecule has 3 aliphatic rings. The normalized spacial score (nSPS) is 23.7. The number of rotatable bonds is 5. The van der Waals surface area contributed by atoms with Crippen LogP contribution in [0.1, 0.15) is 54.8 Å². The van der Waals surface area contributed by atoms with Gasteiger partial charge in [0, 0.05) is 43.5 Å². The van der Waals surface area contributed by atoms with Crippen LogP contribution in [-0.2, 0) is 22.7 Å². The maximum Gasteiger partial charge on any atom is 0.244 e. The van der Waals surface area contributed by atoms with Gasteiger partial charge in [-0.15, -0.1) is 0 Å². The van der Waals surface area contributed by atoms with Crippen LogP contribution >= 0.6 is 0 Å². The molecule has 0 radical (unpaired) electrons. The number of benzene rings is 2. The Labute approximate surface area is 221 Å². The maximum atomic E-state index is 12.3. The van der Waals surface area contributed by atoms with Crippen LogP contribution in [0.15, 0.2) is 48.5 Å². The van der Waals surface area contributed by atoms with Gasteiger partial charge in [0.2, 0.25) is 11.8 Å². The standard InChI is InChI=1S/C30H30N4O4/c1-2-3-22-6-5-20-14-19(4-9-26(20)31-22)16-33-13-12-24(18-33)38-23-7-8-25-21(15-23)17-34(30(25)37)27-10-11-28(35)32-29(27)36/h4-9,14-15,24,27,30,37H,10-13,16-18H2,1H3,(H,32,35,36)/t24-,27?,30?/m0/s1. The van der Waals surface area contributed by atoms with E-state index < -0.39 is 12.3 Å². The number of aromatic nitrogens is 1. The van der Waals surface area contributed by atoms with Gasteiger partial charge in [0.05, 0.1) is 11.6 Å². The summed E-state index contributed by atoms with van der Waals surface area (Å²) in [5.41, 5.74) is 4.73. The van der Waals surface area contributed by atoms with Crippen LogP contribution in [0.3, 0.4) is 0 Å². The summed E-state index contributed by atoms with van der Waals surface area (Å²) in [4.78, 5) is 32.6. The number of aliphatic hydroxyl groups is 1. The van der Waals surface area contributed by atoms with Gasteiger partial charge in [-0.05, 0) is 73.2 Å². The van der Waals surface area contributed by atoms with E-state index in [4.69, 9.17) is 4.74 Å². The summed E-state index contributed by atoms with van der Waals surface area (Å²) < 4.78 is 6.34. The molecule has 194 valence electrons. The van der Waals surface area contributed by atoms with Gasteiger partial charge in [-0.2, -0.15) is 0 Å². The number of imide groups is 1. The molecule has 2 amide bonds. The molecule has 3 aromatic rings. The number of hydrogen-bond donors (Lipinski definition) is 2. The molecule has 0 spiro atoms. The number of carbonyl (C=O) groups excluding carboxylic acids is 2. The van der Waals surface area contributed by atoms with Crippen molar-refractivity contribution < 1.29 is 19.4 Å². The van der Waals surface area contributed by atoms with Gasteiger partial charge >= 0.3 is 0 Å². The molecule has 0 saturated carbocycles. The third kappa shape index (κ3) is 4.88. The van der Waals surface area contributed by atoms with Crippen molar-refractivity contribution in [3.8, 4) is 17.6 Å². The van der Waals surface area contributed by atoms with E-state index in [1.807, 2.05) is 31.2 Å². The van der Waals surface area contributed by atoms with Crippen molar-refractivity contribution in [3.63, 3.8) is 0 Å². The number of pyridine rings is 1. The van der Waals surface area contributed by atoms with Crippen molar-refractivity contribution in [2.24, 2.45) is 0 Å². The van der Waals surface area contributed by atoms with Crippen LogP contribution in [0.2, 0.25) is 0 Å². The van der Waals surface area contributed by atoms with Crippen LogP contribution in [0.4, 0.5) is 0 Å². The molecule has 8 heteroatoms. The molecule has 6 rings (SSSR count). The quantitative estimate of drug-likeness (QED) is 0.403. The number of amides is 2. The smallest absolute Gasteiger partial charge is 0.244 e. The number of piperidine rings is 1. The topological polar surface area (TPSA) is 95.0 Å². The van der Waals surface area contributed by atoms with E-state index in [1.54, 1.807) is 4.90 Å². The lowest BCUT2D eigenvalue weighted by atomic mass is 10.0. The average molecular weight is 511 g/mol. The Morgan fingerprint density at radius 1 is 1.13 bits per heavy atom. The van der Waals surface area contributed by atoms with E-state index in [0.29, 0.717) is 13.0 Å². The Morgan fingerprint density at radius 3 is 2.87 bits per heavy atom. The minimum Gasteiger partial charge on any atom is -0.489 e. The summed E-state index contributed by atoms with van der Waals surface area (Å²) in [5.74, 6) is 6.08. The second-order valence-electron chi connectivity index (χ2n) is 10.2.